The zero-order valence-corrected chi connectivity index (χ0v) is 13.2. The molecule has 0 bridgehead atoms. The molecule has 1 N–H and O–H groups in total. The first-order chi connectivity index (χ1) is 10.4. The SMILES string of the molecule is Cc1cnc(Cl)nc1Nc1ccccc1C(=O)C(=O)N(C)C. The highest BCUT2D eigenvalue weighted by Crippen LogP contribution is 2.23. The average Bonchev–Trinajstić information content (AvgIpc) is 2.50. The highest BCUT2D eigenvalue weighted by molar-refractivity contribution is 6.43. The van der Waals surface area contributed by atoms with Gasteiger partial charge in [-0.25, -0.2) is 9.97 Å². The number of amides is 1. The molecule has 114 valence electrons. The van der Waals surface area contributed by atoms with Crippen LogP contribution in [0.4, 0.5) is 11.5 Å². The Kier molecular flexibility index (Phi) is 4.72. The number of likely N-dealkylation sites (N-methyl/N-ethyl adjacent to an activating group) is 1. The van der Waals surface area contributed by atoms with Crippen molar-refractivity contribution in [3.8, 4) is 0 Å². The molecule has 22 heavy (non-hydrogen) atoms. The zero-order chi connectivity index (χ0) is 16.3. The number of carbonyl (C=O) groups excluding carboxylic acids is 2. The van der Waals surface area contributed by atoms with Crippen LogP contribution in [0.25, 0.3) is 0 Å². The van der Waals surface area contributed by atoms with E-state index in [0.29, 0.717) is 11.5 Å². The highest BCUT2D eigenvalue weighted by Gasteiger charge is 2.21. The largest absolute Gasteiger partial charge is 0.342 e. The van der Waals surface area contributed by atoms with Crippen molar-refractivity contribution in [3.63, 3.8) is 0 Å². The Balaban J connectivity index is 2.39. The molecule has 0 spiro atoms. The summed E-state index contributed by atoms with van der Waals surface area (Å²) in [6, 6.07) is 6.74. The lowest BCUT2D eigenvalue weighted by Crippen LogP contribution is -2.30. The number of ketones is 1. The third kappa shape index (κ3) is 3.40. The Bertz CT molecular complexity index is 731. The molecule has 1 amide bonds. The normalized spacial score (nSPS) is 10.2. The predicted octanol–water partition coefficient (Wildman–Crippen LogP) is 2.45. The quantitative estimate of drug-likeness (QED) is 0.532. The van der Waals surface area contributed by atoms with Crippen LogP contribution in [-0.2, 0) is 4.79 Å². The lowest BCUT2D eigenvalue weighted by molar-refractivity contribution is -0.124. The molecular weight excluding hydrogens is 304 g/mol. The van der Waals surface area contributed by atoms with Gasteiger partial charge in [0, 0.05) is 25.9 Å². The number of Topliss-reactive ketones (excluding diaryl/α,β-unsaturated/α-hetero) is 1. The summed E-state index contributed by atoms with van der Waals surface area (Å²) < 4.78 is 0. The van der Waals surface area contributed by atoms with Crippen LogP contribution in [-0.4, -0.2) is 40.7 Å². The van der Waals surface area contributed by atoms with E-state index >= 15 is 0 Å². The van der Waals surface area contributed by atoms with Gasteiger partial charge in [0.2, 0.25) is 5.28 Å². The van der Waals surface area contributed by atoms with E-state index in [1.807, 2.05) is 6.92 Å². The first kappa shape index (κ1) is 15.9. The Morgan fingerprint density at radius 3 is 2.59 bits per heavy atom. The molecule has 0 saturated heterocycles. The van der Waals surface area contributed by atoms with Crippen LogP contribution in [0, 0.1) is 6.92 Å². The van der Waals surface area contributed by atoms with Crippen LogP contribution in [0.2, 0.25) is 5.28 Å². The lowest BCUT2D eigenvalue weighted by atomic mass is 10.1. The lowest BCUT2D eigenvalue weighted by Gasteiger charge is -2.14. The van der Waals surface area contributed by atoms with Crippen molar-refractivity contribution in [2.24, 2.45) is 0 Å². The van der Waals surface area contributed by atoms with E-state index in [-0.39, 0.29) is 10.8 Å². The summed E-state index contributed by atoms with van der Waals surface area (Å²) in [4.78, 5) is 33.3. The summed E-state index contributed by atoms with van der Waals surface area (Å²) >= 11 is 5.79. The maximum absolute atomic E-state index is 12.3. The minimum Gasteiger partial charge on any atom is -0.342 e. The fourth-order valence-corrected chi connectivity index (χ4v) is 1.92. The Labute approximate surface area is 133 Å². The fraction of sp³-hybridized carbons (Fsp3) is 0.200. The van der Waals surface area contributed by atoms with Crippen LogP contribution in [0.15, 0.2) is 30.5 Å². The monoisotopic (exact) mass is 318 g/mol. The minimum absolute atomic E-state index is 0.0984. The maximum Gasteiger partial charge on any atom is 0.294 e. The number of nitrogens with one attached hydrogen (secondary N) is 1. The molecule has 2 rings (SSSR count). The third-order valence-corrected chi connectivity index (χ3v) is 3.15. The molecule has 0 aliphatic rings. The molecule has 0 aliphatic heterocycles. The molecule has 2 aromatic rings. The number of aryl methyl sites for hydroxylation is 1. The second-order valence-corrected chi connectivity index (χ2v) is 5.21. The van der Waals surface area contributed by atoms with Gasteiger partial charge in [-0.2, -0.15) is 0 Å². The number of nitrogens with zero attached hydrogens (tertiary/aromatic N) is 3. The highest BCUT2D eigenvalue weighted by atomic mass is 35.5. The van der Waals surface area contributed by atoms with E-state index in [9.17, 15) is 9.59 Å². The van der Waals surface area contributed by atoms with Gasteiger partial charge in [-0.3, -0.25) is 9.59 Å². The van der Waals surface area contributed by atoms with Gasteiger partial charge >= 0.3 is 0 Å². The molecular formula is C15H15ClN4O2. The predicted molar refractivity (Wildman–Crippen MR) is 84.5 cm³/mol. The molecule has 1 heterocycles. The van der Waals surface area contributed by atoms with E-state index in [1.54, 1.807) is 30.5 Å². The van der Waals surface area contributed by atoms with Gasteiger partial charge in [0.15, 0.2) is 0 Å². The molecule has 0 unspecified atom stereocenters. The van der Waals surface area contributed by atoms with Crippen molar-refractivity contribution in [1.29, 1.82) is 0 Å². The van der Waals surface area contributed by atoms with Crippen molar-refractivity contribution in [1.82, 2.24) is 14.9 Å². The number of hydrogen-bond donors (Lipinski definition) is 1. The minimum atomic E-state index is -0.592. The number of halogens is 1. The number of rotatable bonds is 4. The summed E-state index contributed by atoms with van der Waals surface area (Å²) in [5, 5.41) is 3.13. The summed E-state index contributed by atoms with van der Waals surface area (Å²) in [5.41, 5.74) is 1.53. The van der Waals surface area contributed by atoms with Crippen LogP contribution >= 0.6 is 11.6 Å². The second-order valence-electron chi connectivity index (χ2n) is 4.87. The van der Waals surface area contributed by atoms with Gasteiger partial charge < -0.3 is 10.2 Å². The summed E-state index contributed by atoms with van der Waals surface area (Å²) in [6.45, 7) is 1.81. The van der Waals surface area contributed by atoms with E-state index in [0.717, 1.165) is 5.56 Å². The van der Waals surface area contributed by atoms with E-state index in [4.69, 9.17) is 11.6 Å². The topological polar surface area (TPSA) is 75.2 Å². The number of carbonyl (C=O) groups is 2. The van der Waals surface area contributed by atoms with E-state index in [1.165, 1.54) is 19.0 Å². The van der Waals surface area contributed by atoms with Gasteiger partial charge in [-0.05, 0) is 30.7 Å². The van der Waals surface area contributed by atoms with Crippen LogP contribution in [0.5, 0.6) is 0 Å². The first-order valence-corrected chi connectivity index (χ1v) is 6.89. The standard InChI is InChI=1S/C15H15ClN4O2/c1-9-8-17-15(16)19-13(9)18-11-7-5-4-6-10(11)12(21)14(22)20(2)3/h4-8H,1-3H3,(H,17,18,19). The number of benzene rings is 1. The molecule has 1 aromatic carbocycles. The molecule has 7 heteroatoms. The number of anilines is 2. The summed E-state index contributed by atoms with van der Waals surface area (Å²) in [6.07, 6.45) is 1.58. The molecule has 0 radical (unpaired) electrons. The van der Waals surface area contributed by atoms with Crippen LogP contribution in [0.1, 0.15) is 15.9 Å². The number of para-hydroxylation sites is 1. The Morgan fingerprint density at radius 1 is 1.23 bits per heavy atom. The van der Waals surface area contributed by atoms with Crippen LogP contribution < -0.4 is 5.32 Å². The average molecular weight is 319 g/mol. The smallest absolute Gasteiger partial charge is 0.294 e. The van der Waals surface area contributed by atoms with Crippen molar-refractivity contribution >= 4 is 34.8 Å². The van der Waals surface area contributed by atoms with Gasteiger partial charge in [0.25, 0.3) is 11.7 Å². The van der Waals surface area contributed by atoms with Gasteiger partial charge in [-0.1, -0.05) is 12.1 Å². The zero-order valence-electron chi connectivity index (χ0n) is 12.4. The van der Waals surface area contributed by atoms with Crippen molar-refractivity contribution in [3.05, 3.63) is 46.9 Å². The molecule has 1 aromatic heterocycles. The number of hydrogen-bond acceptors (Lipinski definition) is 5. The Hall–Kier alpha value is -2.47. The van der Waals surface area contributed by atoms with E-state index in [2.05, 4.69) is 15.3 Å². The molecule has 0 saturated carbocycles. The van der Waals surface area contributed by atoms with Gasteiger partial charge in [0.05, 0.1) is 11.3 Å². The van der Waals surface area contributed by atoms with Gasteiger partial charge in [-0.15, -0.1) is 0 Å². The maximum atomic E-state index is 12.3. The third-order valence-electron chi connectivity index (χ3n) is 2.97. The summed E-state index contributed by atoms with van der Waals surface area (Å²) in [5.74, 6) is -0.699. The molecule has 0 aliphatic carbocycles. The molecule has 0 fully saturated rings. The van der Waals surface area contributed by atoms with Crippen molar-refractivity contribution < 1.29 is 9.59 Å². The Morgan fingerprint density at radius 2 is 1.91 bits per heavy atom. The first-order valence-electron chi connectivity index (χ1n) is 6.51. The van der Waals surface area contributed by atoms with Gasteiger partial charge in [0.1, 0.15) is 5.82 Å². The summed E-state index contributed by atoms with van der Waals surface area (Å²) in [7, 11) is 3.06. The van der Waals surface area contributed by atoms with E-state index < -0.39 is 11.7 Å². The fourth-order valence-electron chi connectivity index (χ4n) is 1.78. The van der Waals surface area contributed by atoms with Crippen LogP contribution in [0.3, 0.4) is 0 Å². The van der Waals surface area contributed by atoms with Crippen molar-refractivity contribution in [2.75, 3.05) is 19.4 Å². The number of aromatic nitrogens is 2. The van der Waals surface area contributed by atoms with Crippen molar-refractivity contribution in [2.45, 2.75) is 6.92 Å². The molecule has 6 nitrogen and oxygen atoms in total. The molecule has 0 atom stereocenters. The second kappa shape index (κ2) is 6.53.